The Morgan fingerprint density at radius 3 is 2.30 bits per heavy atom. The van der Waals surface area contributed by atoms with E-state index in [4.69, 9.17) is 9.84 Å². The van der Waals surface area contributed by atoms with Gasteiger partial charge in [0.15, 0.2) is 0 Å². The number of aryl methyl sites for hydroxylation is 1. The van der Waals surface area contributed by atoms with E-state index in [0.29, 0.717) is 12.1 Å². The Bertz CT molecular complexity index is 460. The zero-order chi connectivity index (χ0) is 15.2. The van der Waals surface area contributed by atoms with Crippen molar-refractivity contribution in [2.45, 2.75) is 39.2 Å². The number of carbonyl (C=O) groups is 2. The van der Waals surface area contributed by atoms with Crippen LogP contribution in [0.25, 0.3) is 0 Å². The van der Waals surface area contributed by atoms with Crippen LogP contribution in [0.4, 0.5) is 5.69 Å². The smallest absolute Gasteiger partial charge is 0.303 e. The molecule has 20 heavy (non-hydrogen) atoms. The number of amides is 1. The van der Waals surface area contributed by atoms with Crippen LogP contribution >= 0.6 is 0 Å². The first kappa shape index (κ1) is 16.2. The summed E-state index contributed by atoms with van der Waals surface area (Å²) < 4.78 is 5.37. The molecule has 0 bridgehead atoms. The van der Waals surface area contributed by atoms with Crippen molar-refractivity contribution in [2.75, 3.05) is 11.9 Å². The molecule has 0 radical (unpaired) electrons. The Morgan fingerprint density at radius 2 is 1.80 bits per heavy atom. The standard InChI is InChI=1S/C15H21NO4/c1-15(2,3)20-10-13(17)16-12-7-4-11(5-8-12)6-9-14(18)19/h4-5,7-8H,6,9-10H2,1-3H3,(H,16,17)(H,18,19). The average Bonchev–Trinajstić information content (AvgIpc) is 2.35. The van der Waals surface area contributed by atoms with Crippen LogP contribution < -0.4 is 5.32 Å². The van der Waals surface area contributed by atoms with Crippen LogP contribution in [0.3, 0.4) is 0 Å². The number of aliphatic carboxylic acids is 1. The van der Waals surface area contributed by atoms with Crippen LogP contribution in [0.15, 0.2) is 24.3 Å². The number of rotatable bonds is 6. The predicted octanol–water partition coefficient (Wildman–Crippen LogP) is 2.46. The Morgan fingerprint density at radius 1 is 1.20 bits per heavy atom. The maximum absolute atomic E-state index is 11.6. The van der Waals surface area contributed by atoms with Crippen LogP contribution in [0, 0.1) is 0 Å². The summed E-state index contributed by atoms with van der Waals surface area (Å²) in [4.78, 5) is 22.1. The summed E-state index contributed by atoms with van der Waals surface area (Å²) >= 11 is 0. The lowest BCUT2D eigenvalue weighted by molar-refractivity contribution is -0.137. The number of benzene rings is 1. The predicted molar refractivity (Wildman–Crippen MR) is 76.7 cm³/mol. The molecule has 1 amide bonds. The third-order valence-electron chi connectivity index (χ3n) is 2.50. The highest BCUT2D eigenvalue weighted by atomic mass is 16.5. The normalized spacial score (nSPS) is 11.2. The lowest BCUT2D eigenvalue weighted by atomic mass is 10.1. The lowest BCUT2D eigenvalue weighted by Crippen LogP contribution is -2.27. The van der Waals surface area contributed by atoms with Crippen LogP contribution in [-0.4, -0.2) is 29.2 Å². The van der Waals surface area contributed by atoms with Crippen LogP contribution in [0.2, 0.25) is 0 Å². The van der Waals surface area contributed by atoms with Gasteiger partial charge >= 0.3 is 5.97 Å². The molecule has 2 N–H and O–H groups in total. The van der Waals surface area contributed by atoms with E-state index in [1.807, 2.05) is 32.9 Å². The van der Waals surface area contributed by atoms with Crippen molar-refractivity contribution in [2.24, 2.45) is 0 Å². The van der Waals surface area contributed by atoms with Gasteiger partial charge in [-0.05, 0) is 44.9 Å². The first-order valence-corrected chi connectivity index (χ1v) is 6.51. The van der Waals surface area contributed by atoms with E-state index < -0.39 is 5.97 Å². The molecule has 0 saturated carbocycles. The highest BCUT2D eigenvalue weighted by Gasteiger charge is 2.12. The second-order valence-corrected chi connectivity index (χ2v) is 5.54. The van der Waals surface area contributed by atoms with Crippen molar-refractivity contribution >= 4 is 17.6 Å². The molecule has 0 aliphatic heterocycles. The van der Waals surface area contributed by atoms with E-state index >= 15 is 0 Å². The molecule has 0 unspecified atom stereocenters. The molecule has 0 fully saturated rings. The molecule has 0 saturated heterocycles. The first-order valence-electron chi connectivity index (χ1n) is 6.51. The summed E-state index contributed by atoms with van der Waals surface area (Å²) in [6, 6.07) is 7.13. The number of hydrogen-bond donors (Lipinski definition) is 2. The summed E-state index contributed by atoms with van der Waals surface area (Å²) in [6.07, 6.45) is 0.585. The van der Waals surface area contributed by atoms with E-state index in [1.165, 1.54) is 0 Å². The fourth-order valence-corrected chi connectivity index (χ4v) is 1.49. The second-order valence-electron chi connectivity index (χ2n) is 5.54. The number of anilines is 1. The zero-order valence-corrected chi connectivity index (χ0v) is 12.1. The van der Waals surface area contributed by atoms with E-state index in [9.17, 15) is 9.59 Å². The monoisotopic (exact) mass is 279 g/mol. The topological polar surface area (TPSA) is 75.6 Å². The fraction of sp³-hybridized carbons (Fsp3) is 0.467. The molecule has 1 aromatic carbocycles. The molecule has 0 spiro atoms. The summed E-state index contributed by atoms with van der Waals surface area (Å²) in [6.45, 7) is 5.66. The number of nitrogens with one attached hydrogen (secondary N) is 1. The third-order valence-corrected chi connectivity index (χ3v) is 2.50. The minimum atomic E-state index is -0.818. The van der Waals surface area contributed by atoms with E-state index in [2.05, 4.69) is 5.32 Å². The second kappa shape index (κ2) is 7.05. The summed E-state index contributed by atoms with van der Waals surface area (Å²) in [5, 5.41) is 11.3. The van der Waals surface area contributed by atoms with Gasteiger partial charge in [-0.25, -0.2) is 0 Å². The van der Waals surface area contributed by atoms with Crippen molar-refractivity contribution in [3.8, 4) is 0 Å². The van der Waals surface area contributed by atoms with E-state index in [1.54, 1.807) is 12.1 Å². The number of carboxylic acid groups (broad SMARTS) is 1. The van der Waals surface area contributed by atoms with Gasteiger partial charge in [-0.2, -0.15) is 0 Å². The summed E-state index contributed by atoms with van der Waals surface area (Å²) in [5.74, 6) is -1.03. The van der Waals surface area contributed by atoms with Crippen molar-refractivity contribution in [1.82, 2.24) is 0 Å². The van der Waals surface area contributed by atoms with Crippen molar-refractivity contribution in [1.29, 1.82) is 0 Å². The molecule has 0 heterocycles. The molecule has 0 aromatic heterocycles. The number of carboxylic acids is 1. The van der Waals surface area contributed by atoms with Gasteiger partial charge in [0.05, 0.1) is 5.60 Å². The van der Waals surface area contributed by atoms with Gasteiger partial charge in [-0.15, -0.1) is 0 Å². The van der Waals surface area contributed by atoms with Gasteiger partial charge in [0.25, 0.3) is 0 Å². The maximum Gasteiger partial charge on any atom is 0.303 e. The van der Waals surface area contributed by atoms with E-state index in [-0.39, 0.29) is 24.5 Å². The molecular weight excluding hydrogens is 258 g/mol. The van der Waals surface area contributed by atoms with Crippen molar-refractivity contribution < 1.29 is 19.4 Å². The Balaban J connectivity index is 2.44. The highest BCUT2D eigenvalue weighted by Crippen LogP contribution is 2.12. The SMILES string of the molecule is CC(C)(C)OCC(=O)Nc1ccc(CCC(=O)O)cc1. The fourth-order valence-electron chi connectivity index (χ4n) is 1.49. The largest absolute Gasteiger partial charge is 0.481 e. The van der Waals surface area contributed by atoms with Gasteiger partial charge in [0.2, 0.25) is 5.91 Å². The Labute approximate surface area is 118 Å². The van der Waals surface area contributed by atoms with E-state index in [0.717, 1.165) is 5.56 Å². The van der Waals surface area contributed by atoms with Crippen LogP contribution in [0.5, 0.6) is 0 Å². The van der Waals surface area contributed by atoms with Crippen molar-refractivity contribution in [3.05, 3.63) is 29.8 Å². The summed E-state index contributed by atoms with van der Waals surface area (Å²) in [5.41, 5.74) is 1.25. The molecular formula is C15H21NO4. The first-order chi connectivity index (χ1) is 9.26. The Kier molecular flexibility index (Phi) is 5.70. The van der Waals surface area contributed by atoms with Gasteiger partial charge in [-0.1, -0.05) is 12.1 Å². The number of carbonyl (C=O) groups excluding carboxylic acids is 1. The average molecular weight is 279 g/mol. The minimum absolute atomic E-state index is 0.00423. The maximum atomic E-state index is 11.6. The van der Waals surface area contributed by atoms with Gasteiger partial charge in [0.1, 0.15) is 6.61 Å². The molecule has 1 rings (SSSR count). The van der Waals surface area contributed by atoms with Crippen molar-refractivity contribution in [3.63, 3.8) is 0 Å². The zero-order valence-electron chi connectivity index (χ0n) is 12.1. The highest BCUT2D eigenvalue weighted by molar-refractivity contribution is 5.91. The molecule has 5 heteroatoms. The van der Waals surface area contributed by atoms with Gasteiger partial charge in [-0.3, -0.25) is 9.59 Å². The van der Waals surface area contributed by atoms with Crippen LogP contribution in [0.1, 0.15) is 32.8 Å². The Hall–Kier alpha value is -1.88. The molecule has 0 atom stereocenters. The number of ether oxygens (including phenoxy) is 1. The lowest BCUT2D eigenvalue weighted by Gasteiger charge is -2.19. The third kappa shape index (κ3) is 6.89. The quantitative estimate of drug-likeness (QED) is 0.838. The number of hydrogen-bond acceptors (Lipinski definition) is 3. The molecule has 5 nitrogen and oxygen atoms in total. The summed E-state index contributed by atoms with van der Waals surface area (Å²) in [7, 11) is 0. The molecule has 0 aliphatic rings. The molecule has 1 aromatic rings. The van der Waals surface area contributed by atoms with Crippen LogP contribution in [-0.2, 0) is 20.7 Å². The van der Waals surface area contributed by atoms with Gasteiger partial charge < -0.3 is 15.2 Å². The molecule has 110 valence electrons. The molecule has 0 aliphatic carbocycles. The minimum Gasteiger partial charge on any atom is -0.481 e. The van der Waals surface area contributed by atoms with Gasteiger partial charge in [0, 0.05) is 12.1 Å².